The Bertz CT molecular complexity index is 389. The van der Waals surface area contributed by atoms with Crippen LogP contribution in [0.2, 0.25) is 0 Å². The highest BCUT2D eigenvalue weighted by Crippen LogP contribution is 1.93. The molecule has 80 valence electrons. The molecule has 0 bridgehead atoms. The van der Waals surface area contributed by atoms with E-state index in [4.69, 9.17) is 0 Å². The zero-order valence-electron chi connectivity index (χ0n) is 8.75. The first-order chi connectivity index (χ1) is 7.24. The van der Waals surface area contributed by atoms with Gasteiger partial charge in [0.05, 0.1) is 17.6 Å². The minimum absolute atomic E-state index is 0.685. The summed E-state index contributed by atoms with van der Waals surface area (Å²) in [5, 5.41) is 19.1. The highest BCUT2D eigenvalue weighted by molar-refractivity contribution is 4.94. The molecule has 0 aliphatic carbocycles. The van der Waals surface area contributed by atoms with Gasteiger partial charge in [-0.15, -0.1) is 5.10 Å². The number of aromatic nitrogens is 6. The van der Waals surface area contributed by atoms with Gasteiger partial charge in [-0.2, -0.15) is 15.0 Å². The number of nitrogens with one attached hydrogen (secondary N) is 1. The highest BCUT2D eigenvalue weighted by atomic mass is 15.4. The smallest absolute Gasteiger partial charge is 0.0964 e. The van der Waals surface area contributed by atoms with Gasteiger partial charge < -0.3 is 5.32 Å². The van der Waals surface area contributed by atoms with Crippen molar-refractivity contribution in [1.29, 1.82) is 0 Å². The van der Waals surface area contributed by atoms with Crippen LogP contribution in [0.5, 0.6) is 0 Å². The molecule has 0 amide bonds. The van der Waals surface area contributed by atoms with Gasteiger partial charge in [-0.3, -0.25) is 4.68 Å². The van der Waals surface area contributed by atoms with E-state index in [1.54, 1.807) is 22.7 Å². The van der Waals surface area contributed by atoms with Crippen LogP contribution in [0.25, 0.3) is 0 Å². The Labute approximate surface area is 87.1 Å². The summed E-state index contributed by atoms with van der Waals surface area (Å²) in [5.74, 6) is 0. The van der Waals surface area contributed by atoms with E-state index < -0.39 is 0 Å². The molecule has 2 rings (SSSR count). The van der Waals surface area contributed by atoms with Crippen LogP contribution in [0.1, 0.15) is 11.4 Å². The first-order valence-corrected chi connectivity index (χ1v) is 4.65. The van der Waals surface area contributed by atoms with Crippen LogP contribution < -0.4 is 5.32 Å². The fourth-order valence-corrected chi connectivity index (χ4v) is 1.26. The number of nitrogens with zero attached hydrogens (tertiary/aromatic N) is 6. The zero-order valence-corrected chi connectivity index (χ0v) is 8.75. The molecule has 0 unspecified atom stereocenters. The maximum Gasteiger partial charge on any atom is 0.0964 e. The van der Waals surface area contributed by atoms with Gasteiger partial charge in [-0.1, -0.05) is 5.21 Å². The Morgan fingerprint density at radius 3 is 2.67 bits per heavy atom. The molecule has 0 aromatic carbocycles. The molecule has 7 nitrogen and oxygen atoms in total. The summed E-state index contributed by atoms with van der Waals surface area (Å²) < 4.78 is 1.68. The van der Waals surface area contributed by atoms with E-state index >= 15 is 0 Å². The first kappa shape index (κ1) is 9.78. The van der Waals surface area contributed by atoms with Gasteiger partial charge in [0.2, 0.25) is 0 Å². The molecule has 2 aromatic heterocycles. The minimum atomic E-state index is 0.685. The maximum absolute atomic E-state index is 4.15. The highest BCUT2D eigenvalue weighted by Gasteiger charge is 2.00. The van der Waals surface area contributed by atoms with Crippen molar-refractivity contribution in [2.24, 2.45) is 14.1 Å². The van der Waals surface area contributed by atoms with Gasteiger partial charge >= 0.3 is 0 Å². The molecule has 2 aromatic rings. The van der Waals surface area contributed by atoms with E-state index in [9.17, 15) is 0 Å². The van der Waals surface area contributed by atoms with Crippen LogP contribution in [0.15, 0.2) is 12.4 Å². The van der Waals surface area contributed by atoms with Gasteiger partial charge in [-0.25, -0.2) is 0 Å². The summed E-state index contributed by atoms with van der Waals surface area (Å²) in [5.41, 5.74) is 1.84. The Morgan fingerprint density at radius 1 is 1.27 bits per heavy atom. The van der Waals surface area contributed by atoms with Gasteiger partial charge in [0.1, 0.15) is 0 Å². The van der Waals surface area contributed by atoms with Crippen LogP contribution in [0.3, 0.4) is 0 Å². The van der Waals surface area contributed by atoms with E-state index in [2.05, 4.69) is 25.8 Å². The summed E-state index contributed by atoms with van der Waals surface area (Å²) in [6, 6.07) is 0. The third-order valence-corrected chi connectivity index (χ3v) is 1.91. The Kier molecular flexibility index (Phi) is 2.72. The number of rotatable bonds is 4. The first-order valence-electron chi connectivity index (χ1n) is 4.65. The second kappa shape index (κ2) is 4.18. The molecule has 0 saturated carbocycles. The van der Waals surface area contributed by atoms with E-state index in [1.807, 2.05) is 13.2 Å². The van der Waals surface area contributed by atoms with Gasteiger partial charge in [0.15, 0.2) is 0 Å². The molecular weight excluding hydrogens is 194 g/mol. The van der Waals surface area contributed by atoms with E-state index in [-0.39, 0.29) is 0 Å². The molecule has 7 heteroatoms. The quantitative estimate of drug-likeness (QED) is 0.713. The second-order valence-electron chi connectivity index (χ2n) is 3.31. The average Bonchev–Trinajstić information content (AvgIpc) is 2.76. The third-order valence-electron chi connectivity index (χ3n) is 1.91. The molecule has 2 heterocycles. The molecule has 15 heavy (non-hydrogen) atoms. The van der Waals surface area contributed by atoms with Gasteiger partial charge in [0, 0.05) is 33.4 Å². The van der Waals surface area contributed by atoms with E-state index in [0.717, 1.165) is 11.4 Å². The van der Waals surface area contributed by atoms with Crippen molar-refractivity contribution < 1.29 is 0 Å². The SMILES string of the molecule is Cn1cc(CNCc2cnn(C)n2)nn1. The number of hydrogen-bond acceptors (Lipinski definition) is 5. The maximum atomic E-state index is 4.15. The molecule has 0 aliphatic rings. The normalized spacial score (nSPS) is 10.8. The number of hydrogen-bond donors (Lipinski definition) is 1. The van der Waals surface area contributed by atoms with Crippen molar-refractivity contribution in [1.82, 2.24) is 35.3 Å². The van der Waals surface area contributed by atoms with Crippen molar-refractivity contribution in [3.8, 4) is 0 Å². The fourth-order valence-electron chi connectivity index (χ4n) is 1.26. The van der Waals surface area contributed by atoms with Crippen molar-refractivity contribution in [3.05, 3.63) is 23.8 Å². The van der Waals surface area contributed by atoms with E-state index in [1.165, 1.54) is 0 Å². The lowest BCUT2D eigenvalue weighted by atomic mass is 10.4. The minimum Gasteiger partial charge on any atom is -0.305 e. The molecule has 0 spiro atoms. The molecule has 1 N–H and O–H groups in total. The summed E-state index contributed by atoms with van der Waals surface area (Å²) in [4.78, 5) is 1.54. The molecule has 0 saturated heterocycles. The van der Waals surface area contributed by atoms with Crippen LogP contribution >= 0.6 is 0 Å². The van der Waals surface area contributed by atoms with Gasteiger partial charge in [-0.05, 0) is 0 Å². The van der Waals surface area contributed by atoms with Crippen molar-refractivity contribution >= 4 is 0 Å². The third kappa shape index (κ3) is 2.59. The molecule has 0 aliphatic heterocycles. The average molecular weight is 207 g/mol. The largest absolute Gasteiger partial charge is 0.305 e. The Morgan fingerprint density at radius 2 is 2.07 bits per heavy atom. The van der Waals surface area contributed by atoms with Gasteiger partial charge in [0.25, 0.3) is 0 Å². The fraction of sp³-hybridized carbons (Fsp3) is 0.500. The van der Waals surface area contributed by atoms with Crippen LogP contribution in [0, 0.1) is 0 Å². The summed E-state index contributed by atoms with van der Waals surface area (Å²) in [6.07, 6.45) is 3.62. The molecule has 0 radical (unpaired) electrons. The van der Waals surface area contributed by atoms with Crippen molar-refractivity contribution in [2.75, 3.05) is 0 Å². The summed E-state index contributed by atoms with van der Waals surface area (Å²) >= 11 is 0. The molecule has 0 atom stereocenters. The monoisotopic (exact) mass is 207 g/mol. The lowest BCUT2D eigenvalue weighted by Gasteiger charge is -1.97. The number of aryl methyl sites for hydroxylation is 2. The Balaban J connectivity index is 1.80. The van der Waals surface area contributed by atoms with Crippen LogP contribution in [-0.2, 0) is 27.2 Å². The van der Waals surface area contributed by atoms with Crippen LogP contribution in [-0.4, -0.2) is 30.0 Å². The van der Waals surface area contributed by atoms with Crippen molar-refractivity contribution in [2.45, 2.75) is 13.1 Å². The summed E-state index contributed by atoms with van der Waals surface area (Å²) in [7, 11) is 3.64. The second-order valence-corrected chi connectivity index (χ2v) is 3.31. The standard InChI is InChI=1S/C8H13N7/c1-14-6-8(11-13-14)4-9-3-7-5-10-15(2)12-7/h5-6,9H,3-4H2,1-2H3. The lowest BCUT2D eigenvalue weighted by Crippen LogP contribution is -2.13. The Hall–Kier alpha value is -1.76. The molecule has 0 fully saturated rings. The van der Waals surface area contributed by atoms with Crippen molar-refractivity contribution in [3.63, 3.8) is 0 Å². The molecular formula is C8H13N7. The van der Waals surface area contributed by atoms with Crippen LogP contribution in [0.4, 0.5) is 0 Å². The zero-order chi connectivity index (χ0) is 10.7. The summed E-state index contributed by atoms with van der Waals surface area (Å²) in [6.45, 7) is 1.37. The lowest BCUT2D eigenvalue weighted by molar-refractivity contribution is 0.619. The predicted octanol–water partition coefficient (Wildman–Crippen LogP) is -0.767. The van der Waals surface area contributed by atoms with E-state index in [0.29, 0.717) is 13.1 Å². The predicted molar refractivity (Wildman–Crippen MR) is 52.5 cm³/mol. The topological polar surface area (TPSA) is 73.5 Å².